The summed E-state index contributed by atoms with van der Waals surface area (Å²) in [4.78, 5) is 4.21. The van der Waals surface area contributed by atoms with Gasteiger partial charge in [-0.3, -0.25) is 4.99 Å². The van der Waals surface area contributed by atoms with Crippen LogP contribution in [0.1, 0.15) is 32.1 Å². The van der Waals surface area contributed by atoms with E-state index in [9.17, 15) is 0 Å². The summed E-state index contributed by atoms with van der Waals surface area (Å²) in [5.41, 5.74) is 2.54. The summed E-state index contributed by atoms with van der Waals surface area (Å²) < 4.78 is 44.6. The molecule has 3 aromatic rings. The highest BCUT2D eigenvalue weighted by Gasteiger charge is 2.11. The molecule has 0 N–H and O–H groups in total. The van der Waals surface area contributed by atoms with Crippen molar-refractivity contribution in [2.75, 3.05) is 0 Å². The predicted octanol–water partition coefficient (Wildman–Crippen LogP) is 5.07. The number of aliphatic imine (C=N–C) groups is 1. The number of hydrogen-bond acceptors (Lipinski definition) is 2. The van der Waals surface area contributed by atoms with Gasteiger partial charge in [-0.15, -0.1) is 0 Å². The number of hydrogen-bond donors (Lipinski definition) is 0. The normalized spacial score (nSPS) is 27.1. The van der Waals surface area contributed by atoms with Crippen molar-refractivity contribution in [1.82, 2.24) is 0 Å². The number of fused-ring (bicyclic) bond motifs is 3. The van der Waals surface area contributed by atoms with Crippen molar-refractivity contribution in [2.45, 2.75) is 19.6 Å². The molecule has 0 amide bonds. The van der Waals surface area contributed by atoms with Crippen LogP contribution >= 0.6 is 0 Å². The molecule has 0 saturated heterocycles. The van der Waals surface area contributed by atoms with Crippen LogP contribution in [0.25, 0.3) is 21.9 Å². The highest BCUT2D eigenvalue weighted by molar-refractivity contribution is 6.10. The van der Waals surface area contributed by atoms with Crippen molar-refractivity contribution in [3.05, 3.63) is 59.8 Å². The van der Waals surface area contributed by atoms with Gasteiger partial charge in [0.1, 0.15) is 11.2 Å². The van der Waals surface area contributed by atoms with E-state index >= 15 is 0 Å². The standard InChI is InChI=1S/C18H15NO/c1-12-6-8-16(19-11-12)13-7-9-18-15(10-13)14-4-2-3-5-17(14)20-18/h2-5,7,9-11H,6,8H2,1H3/i1D3,6D,8D. The van der Waals surface area contributed by atoms with Gasteiger partial charge in [-0.2, -0.15) is 0 Å². The third-order valence-corrected chi connectivity index (χ3v) is 3.44. The zero-order valence-electron chi connectivity index (χ0n) is 15.6. The van der Waals surface area contributed by atoms with Crippen LogP contribution in [-0.2, 0) is 0 Å². The van der Waals surface area contributed by atoms with Crippen LogP contribution in [0.15, 0.2) is 63.6 Å². The van der Waals surface area contributed by atoms with E-state index in [4.69, 9.17) is 11.3 Å². The molecule has 2 heteroatoms. The molecule has 0 bridgehead atoms. The van der Waals surface area contributed by atoms with Crippen molar-refractivity contribution < 1.29 is 11.3 Å². The van der Waals surface area contributed by atoms with E-state index in [0.29, 0.717) is 11.3 Å². The van der Waals surface area contributed by atoms with Gasteiger partial charge in [0.15, 0.2) is 0 Å². The molecule has 2 unspecified atom stereocenters. The van der Waals surface area contributed by atoms with Gasteiger partial charge in [0.05, 0.1) is 0 Å². The summed E-state index contributed by atoms with van der Waals surface area (Å²) >= 11 is 0. The molecular formula is C18H15NO. The molecule has 0 radical (unpaired) electrons. The zero-order chi connectivity index (χ0) is 17.8. The van der Waals surface area contributed by atoms with Gasteiger partial charge in [-0.05, 0) is 49.5 Å². The smallest absolute Gasteiger partial charge is 0.135 e. The summed E-state index contributed by atoms with van der Waals surface area (Å²) in [7, 11) is 0. The van der Waals surface area contributed by atoms with E-state index in [2.05, 4.69) is 4.99 Å². The third-order valence-electron chi connectivity index (χ3n) is 3.44. The first-order chi connectivity index (χ1) is 11.9. The van der Waals surface area contributed by atoms with E-state index in [-0.39, 0.29) is 5.57 Å². The van der Waals surface area contributed by atoms with Crippen LogP contribution in [0.3, 0.4) is 0 Å². The molecule has 0 fully saturated rings. The average molecular weight is 266 g/mol. The van der Waals surface area contributed by atoms with Gasteiger partial charge in [0, 0.05) is 29.5 Å². The van der Waals surface area contributed by atoms with Crippen LogP contribution in [0.5, 0.6) is 0 Å². The molecule has 1 aromatic heterocycles. The average Bonchev–Trinajstić information content (AvgIpc) is 2.94. The fourth-order valence-corrected chi connectivity index (χ4v) is 2.45. The number of allylic oxidation sites excluding steroid dienone is 1. The van der Waals surface area contributed by atoms with Crippen molar-refractivity contribution in [2.24, 2.45) is 4.99 Å². The lowest BCUT2D eigenvalue weighted by molar-refractivity contribution is 0.669. The molecule has 0 saturated carbocycles. The van der Waals surface area contributed by atoms with Crippen molar-refractivity contribution in [1.29, 1.82) is 0 Å². The molecule has 2 heterocycles. The van der Waals surface area contributed by atoms with E-state index in [0.717, 1.165) is 21.9 Å². The van der Waals surface area contributed by atoms with Crippen molar-refractivity contribution in [3.63, 3.8) is 0 Å². The van der Waals surface area contributed by atoms with Crippen LogP contribution in [0.2, 0.25) is 0 Å². The molecule has 2 nitrogen and oxygen atoms in total. The number of furan rings is 1. The monoisotopic (exact) mass is 266 g/mol. The second kappa shape index (κ2) is 4.34. The fourth-order valence-electron chi connectivity index (χ4n) is 2.45. The topological polar surface area (TPSA) is 25.5 Å². The van der Waals surface area contributed by atoms with Crippen LogP contribution < -0.4 is 0 Å². The first kappa shape index (κ1) is 7.44. The molecule has 98 valence electrons. The molecule has 2 aromatic carbocycles. The third kappa shape index (κ3) is 1.76. The van der Waals surface area contributed by atoms with Gasteiger partial charge in [0.25, 0.3) is 0 Å². The van der Waals surface area contributed by atoms with Gasteiger partial charge in [-0.1, -0.05) is 23.8 Å². The fraction of sp³-hybridized carbons (Fsp3) is 0.167. The quantitative estimate of drug-likeness (QED) is 0.603. The van der Waals surface area contributed by atoms with E-state index in [1.807, 2.05) is 36.4 Å². The minimum atomic E-state index is -2.40. The maximum Gasteiger partial charge on any atom is 0.135 e. The van der Waals surface area contributed by atoms with Gasteiger partial charge >= 0.3 is 0 Å². The second-order valence-corrected chi connectivity index (χ2v) is 4.74. The van der Waals surface area contributed by atoms with Crippen molar-refractivity contribution in [3.8, 4) is 0 Å². The highest BCUT2D eigenvalue weighted by Crippen LogP contribution is 2.30. The molecule has 1 aliphatic heterocycles. The first-order valence-electron chi connectivity index (χ1n) is 9.06. The van der Waals surface area contributed by atoms with E-state index in [1.54, 1.807) is 6.07 Å². The maximum atomic E-state index is 8.28. The Hall–Kier alpha value is -2.35. The number of para-hydroxylation sites is 1. The summed E-state index contributed by atoms with van der Waals surface area (Å²) in [5, 5.41) is 1.88. The summed E-state index contributed by atoms with van der Waals surface area (Å²) in [5.74, 6) is 0. The number of rotatable bonds is 1. The summed E-state index contributed by atoms with van der Waals surface area (Å²) in [6.45, 7) is -2.40. The van der Waals surface area contributed by atoms with Crippen LogP contribution in [-0.4, -0.2) is 5.71 Å². The van der Waals surface area contributed by atoms with Gasteiger partial charge in [-0.25, -0.2) is 0 Å². The number of benzene rings is 2. The Balaban J connectivity index is 1.85. The predicted molar refractivity (Wildman–Crippen MR) is 83.2 cm³/mol. The number of nitrogens with zero attached hydrogens (tertiary/aromatic N) is 1. The second-order valence-electron chi connectivity index (χ2n) is 4.74. The largest absolute Gasteiger partial charge is 0.456 e. The minimum Gasteiger partial charge on any atom is -0.456 e. The molecule has 2 atom stereocenters. The van der Waals surface area contributed by atoms with Crippen LogP contribution in [0, 0.1) is 0 Å². The Labute approximate surface area is 124 Å². The van der Waals surface area contributed by atoms with Gasteiger partial charge in [0.2, 0.25) is 0 Å². The lowest BCUT2D eigenvalue weighted by Gasteiger charge is -2.10. The SMILES string of the molecule is [2H]C1C(C([2H])([2H])[2H])=CN=C(c2ccc3oc4ccccc4c3c2)C1[2H]. The summed E-state index contributed by atoms with van der Waals surface area (Å²) in [6, 6.07) is 13.2. The molecule has 0 spiro atoms. The van der Waals surface area contributed by atoms with E-state index in [1.165, 1.54) is 6.20 Å². The highest BCUT2D eigenvalue weighted by atomic mass is 16.3. The Morgan fingerprint density at radius 3 is 2.95 bits per heavy atom. The zero-order valence-corrected chi connectivity index (χ0v) is 10.6. The molecule has 0 aliphatic carbocycles. The van der Waals surface area contributed by atoms with E-state index < -0.39 is 19.6 Å². The van der Waals surface area contributed by atoms with Crippen molar-refractivity contribution >= 4 is 27.7 Å². The lowest BCUT2D eigenvalue weighted by Crippen LogP contribution is -2.04. The lowest BCUT2D eigenvalue weighted by atomic mass is 9.99. The Bertz CT molecular complexity index is 1030. The maximum absolute atomic E-state index is 8.28. The minimum absolute atomic E-state index is 0.0916. The first-order valence-corrected chi connectivity index (χ1v) is 6.40. The molecular weight excluding hydrogens is 246 g/mol. The Morgan fingerprint density at radius 1 is 1.10 bits per heavy atom. The Kier molecular flexibility index (Phi) is 1.61. The van der Waals surface area contributed by atoms with Crippen LogP contribution in [0.4, 0.5) is 0 Å². The molecule has 4 rings (SSSR count). The molecule has 20 heavy (non-hydrogen) atoms. The Morgan fingerprint density at radius 2 is 2.00 bits per heavy atom. The summed E-state index contributed by atoms with van der Waals surface area (Å²) in [6.07, 6.45) is -0.976. The molecule has 1 aliphatic rings. The van der Waals surface area contributed by atoms with Gasteiger partial charge < -0.3 is 4.42 Å².